The number of fused-ring (bicyclic) bond motifs is 2. The van der Waals surface area contributed by atoms with Crippen LogP contribution in [0.5, 0.6) is 0 Å². The molecule has 2 atom stereocenters. The average molecular weight is 441 g/mol. The summed E-state index contributed by atoms with van der Waals surface area (Å²) in [5.74, 6) is -0.140. The Kier molecular flexibility index (Phi) is 6.31. The minimum atomic E-state index is -1.02. The van der Waals surface area contributed by atoms with E-state index in [2.05, 4.69) is 10.6 Å². The predicted molar refractivity (Wildman–Crippen MR) is 120 cm³/mol. The second-order valence-electron chi connectivity index (χ2n) is 7.64. The number of rotatable bonds is 8. The molecule has 2 heterocycles. The number of anilines is 1. The standard InChI is InChI=1S/C23H24N2O5S/c1-31(29)11-9-19(23(27)28)24-10-8-14-6-7-16-15(12-14)13-30-21(16)20-17-4-2-3-5-18(17)25-22(20)26/h2-7,12,19,24H,8-11,13H2,1H3,(H,25,26)(H,27,28). The number of carboxylic acid groups (broad SMARTS) is 1. The first-order valence-corrected chi connectivity index (χ1v) is 11.8. The van der Waals surface area contributed by atoms with Crippen LogP contribution in [0, 0.1) is 0 Å². The number of hydrogen-bond donors (Lipinski definition) is 3. The Bertz CT molecular complexity index is 1050. The van der Waals surface area contributed by atoms with Gasteiger partial charge >= 0.3 is 5.97 Å². The van der Waals surface area contributed by atoms with Crippen molar-refractivity contribution in [2.75, 3.05) is 23.9 Å². The van der Waals surface area contributed by atoms with Crippen LogP contribution in [0.3, 0.4) is 0 Å². The van der Waals surface area contributed by atoms with E-state index in [-0.39, 0.29) is 5.91 Å². The summed E-state index contributed by atoms with van der Waals surface area (Å²) in [7, 11) is 0. The zero-order valence-corrected chi connectivity index (χ0v) is 18.0. The molecule has 2 aliphatic rings. The van der Waals surface area contributed by atoms with Crippen LogP contribution in [0.15, 0.2) is 42.5 Å². The lowest BCUT2D eigenvalue weighted by Gasteiger charge is -2.15. The molecular weight excluding hydrogens is 416 g/mol. The largest absolute Gasteiger partial charge is 0.617 e. The van der Waals surface area contributed by atoms with Gasteiger partial charge in [-0.1, -0.05) is 47.6 Å². The van der Waals surface area contributed by atoms with Crippen LogP contribution < -0.4 is 10.6 Å². The van der Waals surface area contributed by atoms with Crippen LogP contribution in [-0.2, 0) is 38.5 Å². The number of carbonyl (C=O) groups is 2. The van der Waals surface area contributed by atoms with Crippen LogP contribution >= 0.6 is 0 Å². The van der Waals surface area contributed by atoms with E-state index in [0.717, 1.165) is 27.9 Å². The van der Waals surface area contributed by atoms with Gasteiger partial charge < -0.3 is 25.0 Å². The highest BCUT2D eigenvalue weighted by Gasteiger charge is 2.32. The smallest absolute Gasteiger partial charge is 0.320 e. The van der Waals surface area contributed by atoms with Gasteiger partial charge in [0, 0.05) is 28.8 Å². The molecule has 4 rings (SSSR count). The molecule has 0 fully saturated rings. The Labute approximate surface area is 183 Å². The van der Waals surface area contributed by atoms with E-state index in [1.165, 1.54) is 0 Å². The molecule has 3 N–H and O–H groups in total. The molecule has 0 saturated carbocycles. The Balaban J connectivity index is 1.46. The minimum Gasteiger partial charge on any atom is -0.617 e. The molecule has 7 nitrogen and oxygen atoms in total. The number of nitrogens with one attached hydrogen (secondary N) is 2. The second-order valence-corrected chi connectivity index (χ2v) is 9.20. The van der Waals surface area contributed by atoms with Gasteiger partial charge in [0.25, 0.3) is 5.91 Å². The maximum atomic E-state index is 12.5. The molecule has 0 aliphatic carbocycles. The van der Waals surface area contributed by atoms with E-state index in [1.807, 2.05) is 42.5 Å². The third-order valence-electron chi connectivity index (χ3n) is 5.48. The number of carbonyl (C=O) groups excluding carboxylic acids is 1. The molecule has 2 unspecified atom stereocenters. The molecule has 0 bridgehead atoms. The Morgan fingerprint density at radius 2 is 2.10 bits per heavy atom. The summed E-state index contributed by atoms with van der Waals surface area (Å²) in [5.41, 5.74) is 5.16. The second kappa shape index (κ2) is 9.13. The first-order valence-electron chi connectivity index (χ1n) is 10.1. The van der Waals surface area contributed by atoms with Gasteiger partial charge in [0.15, 0.2) is 0 Å². The lowest BCUT2D eigenvalue weighted by atomic mass is 9.98. The number of ether oxygens (including phenoxy) is 1. The van der Waals surface area contributed by atoms with Gasteiger partial charge in [0.1, 0.15) is 24.2 Å². The van der Waals surface area contributed by atoms with Crippen molar-refractivity contribution < 1.29 is 24.0 Å². The SMILES string of the molecule is C[S+]([O-])CCC(NCCc1ccc2c(c1)COC2=C1C(=O)Nc2ccccc21)C(=O)O. The van der Waals surface area contributed by atoms with Crippen LogP contribution in [0.25, 0.3) is 11.3 Å². The molecule has 8 heteroatoms. The lowest BCUT2D eigenvalue weighted by Crippen LogP contribution is -2.39. The Morgan fingerprint density at radius 1 is 1.29 bits per heavy atom. The van der Waals surface area contributed by atoms with E-state index in [0.29, 0.717) is 43.1 Å². The van der Waals surface area contributed by atoms with E-state index in [4.69, 9.17) is 4.74 Å². The van der Waals surface area contributed by atoms with Crippen LogP contribution in [0.1, 0.15) is 28.7 Å². The summed E-state index contributed by atoms with van der Waals surface area (Å²) in [6, 6.07) is 12.8. The number of para-hydroxylation sites is 1. The molecule has 2 aliphatic heterocycles. The molecule has 0 spiro atoms. The van der Waals surface area contributed by atoms with Crippen molar-refractivity contribution >= 4 is 40.1 Å². The summed E-state index contributed by atoms with van der Waals surface area (Å²) < 4.78 is 17.1. The van der Waals surface area contributed by atoms with Gasteiger partial charge in [-0.2, -0.15) is 0 Å². The molecule has 1 amide bonds. The summed E-state index contributed by atoms with van der Waals surface area (Å²) in [6.45, 7) is 0.891. The lowest BCUT2D eigenvalue weighted by molar-refractivity contribution is -0.139. The van der Waals surface area contributed by atoms with E-state index in [1.54, 1.807) is 6.26 Å². The van der Waals surface area contributed by atoms with Crippen molar-refractivity contribution in [3.05, 3.63) is 64.7 Å². The molecule has 162 valence electrons. The zero-order chi connectivity index (χ0) is 22.0. The van der Waals surface area contributed by atoms with Gasteiger partial charge in [-0.05, 0) is 24.6 Å². The van der Waals surface area contributed by atoms with Crippen molar-refractivity contribution in [2.45, 2.75) is 25.5 Å². The molecule has 2 aromatic carbocycles. The highest BCUT2D eigenvalue weighted by Crippen LogP contribution is 2.41. The molecule has 0 saturated heterocycles. The number of aliphatic carboxylic acids is 1. The highest BCUT2D eigenvalue weighted by atomic mass is 32.2. The fraction of sp³-hybridized carbons (Fsp3) is 0.304. The van der Waals surface area contributed by atoms with Crippen molar-refractivity contribution in [3.63, 3.8) is 0 Å². The molecule has 0 aromatic heterocycles. The normalized spacial score (nSPS) is 18.7. The predicted octanol–water partition coefficient (Wildman–Crippen LogP) is 2.39. The van der Waals surface area contributed by atoms with Gasteiger partial charge in [-0.15, -0.1) is 0 Å². The van der Waals surface area contributed by atoms with Crippen molar-refractivity contribution in [1.82, 2.24) is 5.32 Å². The third-order valence-corrected chi connectivity index (χ3v) is 6.29. The fourth-order valence-corrected chi connectivity index (χ4v) is 4.48. The molecule has 31 heavy (non-hydrogen) atoms. The molecule has 0 radical (unpaired) electrons. The summed E-state index contributed by atoms with van der Waals surface area (Å²) in [6.07, 6.45) is 2.56. The maximum Gasteiger partial charge on any atom is 0.320 e. The third kappa shape index (κ3) is 4.61. The first kappa shape index (κ1) is 21.4. The van der Waals surface area contributed by atoms with Gasteiger partial charge in [0.05, 0.1) is 11.8 Å². The number of hydrogen-bond acceptors (Lipinski definition) is 5. The van der Waals surface area contributed by atoms with Crippen molar-refractivity contribution in [3.8, 4) is 0 Å². The number of carboxylic acids is 1. The summed E-state index contributed by atoms with van der Waals surface area (Å²) in [5, 5.41) is 15.2. The Morgan fingerprint density at radius 3 is 2.87 bits per heavy atom. The average Bonchev–Trinajstić information content (AvgIpc) is 3.29. The van der Waals surface area contributed by atoms with Crippen LogP contribution in [0.2, 0.25) is 0 Å². The monoisotopic (exact) mass is 440 g/mol. The number of amides is 1. The van der Waals surface area contributed by atoms with Crippen LogP contribution in [-0.4, -0.2) is 46.1 Å². The summed E-state index contributed by atoms with van der Waals surface area (Å²) >= 11 is -1.02. The quantitative estimate of drug-likeness (QED) is 0.429. The van der Waals surface area contributed by atoms with Crippen molar-refractivity contribution in [1.29, 1.82) is 0 Å². The van der Waals surface area contributed by atoms with E-state index < -0.39 is 23.2 Å². The first-order chi connectivity index (χ1) is 14.9. The van der Waals surface area contributed by atoms with Gasteiger partial charge in [-0.3, -0.25) is 9.59 Å². The van der Waals surface area contributed by atoms with Gasteiger partial charge in [-0.25, -0.2) is 0 Å². The summed E-state index contributed by atoms with van der Waals surface area (Å²) in [4.78, 5) is 23.9. The Hall–Kier alpha value is -2.81. The van der Waals surface area contributed by atoms with Gasteiger partial charge in [0.2, 0.25) is 0 Å². The van der Waals surface area contributed by atoms with E-state index >= 15 is 0 Å². The molecular formula is C23H24N2O5S. The van der Waals surface area contributed by atoms with Crippen molar-refractivity contribution in [2.24, 2.45) is 0 Å². The zero-order valence-electron chi connectivity index (χ0n) is 17.1. The topological polar surface area (TPSA) is 111 Å². The fourth-order valence-electron chi connectivity index (χ4n) is 3.91. The van der Waals surface area contributed by atoms with Crippen LogP contribution in [0.4, 0.5) is 5.69 Å². The molecule has 2 aromatic rings. The highest BCUT2D eigenvalue weighted by molar-refractivity contribution is 7.90. The minimum absolute atomic E-state index is 0.162. The maximum absolute atomic E-state index is 12.5. The van der Waals surface area contributed by atoms with E-state index in [9.17, 15) is 19.2 Å². The number of benzene rings is 2.